The van der Waals surface area contributed by atoms with Gasteiger partial charge in [0, 0.05) is 15.4 Å². The summed E-state index contributed by atoms with van der Waals surface area (Å²) in [6, 6.07) is 16.6. The molecule has 1 heterocycles. The lowest BCUT2D eigenvalue weighted by Gasteiger charge is -2.12. The first-order valence-electron chi connectivity index (χ1n) is 7.62. The van der Waals surface area contributed by atoms with E-state index in [2.05, 4.69) is 20.9 Å². The number of fused-ring (bicyclic) bond motifs is 1. The quantitative estimate of drug-likeness (QED) is 0.679. The normalized spacial score (nSPS) is 11.9. The monoisotopic (exact) mass is 398 g/mol. The zero-order chi connectivity index (χ0) is 18.0. The Balaban J connectivity index is 2.13. The zero-order valence-electron chi connectivity index (χ0n) is 13.4. The van der Waals surface area contributed by atoms with Crippen LogP contribution in [0, 0.1) is 0 Å². The molecule has 0 saturated carbocycles. The molecule has 25 heavy (non-hydrogen) atoms. The molecule has 126 valence electrons. The summed E-state index contributed by atoms with van der Waals surface area (Å²) < 4.78 is 6.08. The summed E-state index contributed by atoms with van der Waals surface area (Å²) in [5, 5.41) is 0.655. The Labute approximate surface area is 152 Å². The smallest absolute Gasteiger partial charge is 0.339 e. The summed E-state index contributed by atoms with van der Waals surface area (Å²) in [6.07, 6.45) is -1.01. The average Bonchev–Trinajstić information content (AvgIpc) is 2.60. The van der Waals surface area contributed by atoms with Crippen LogP contribution in [0.3, 0.4) is 0 Å². The summed E-state index contributed by atoms with van der Waals surface area (Å²) in [5.41, 5.74) is 7.68. The van der Waals surface area contributed by atoms with E-state index in [1.165, 1.54) is 6.92 Å². The van der Waals surface area contributed by atoms with Gasteiger partial charge in [-0.2, -0.15) is 0 Å². The molecule has 0 aliphatic heterocycles. The van der Waals surface area contributed by atoms with Crippen LogP contribution in [0.1, 0.15) is 17.3 Å². The summed E-state index contributed by atoms with van der Waals surface area (Å²) in [7, 11) is 0. The van der Waals surface area contributed by atoms with Crippen LogP contribution in [0.15, 0.2) is 59.1 Å². The van der Waals surface area contributed by atoms with Gasteiger partial charge in [-0.1, -0.05) is 46.3 Å². The molecule has 5 nitrogen and oxygen atoms in total. The van der Waals surface area contributed by atoms with Crippen molar-refractivity contribution in [3.8, 4) is 11.3 Å². The van der Waals surface area contributed by atoms with Crippen LogP contribution in [0.2, 0.25) is 0 Å². The van der Waals surface area contributed by atoms with Gasteiger partial charge >= 0.3 is 5.97 Å². The lowest BCUT2D eigenvalue weighted by molar-refractivity contribution is -0.125. The van der Waals surface area contributed by atoms with Crippen molar-refractivity contribution in [3.63, 3.8) is 0 Å². The van der Waals surface area contributed by atoms with Crippen LogP contribution in [-0.4, -0.2) is 23.0 Å². The number of amides is 1. The minimum atomic E-state index is -1.01. The molecule has 1 aromatic heterocycles. The van der Waals surface area contributed by atoms with Gasteiger partial charge in [-0.05, 0) is 31.2 Å². The van der Waals surface area contributed by atoms with E-state index >= 15 is 0 Å². The van der Waals surface area contributed by atoms with Crippen molar-refractivity contribution in [1.29, 1.82) is 0 Å². The number of hydrogen-bond donors (Lipinski definition) is 1. The molecule has 2 N–H and O–H groups in total. The molecule has 1 atom stereocenters. The highest BCUT2D eigenvalue weighted by atomic mass is 79.9. The number of carbonyl (C=O) groups excluding carboxylic acids is 2. The lowest BCUT2D eigenvalue weighted by atomic mass is 10.0. The summed E-state index contributed by atoms with van der Waals surface area (Å²) >= 11 is 3.43. The van der Waals surface area contributed by atoms with Gasteiger partial charge in [0.25, 0.3) is 5.91 Å². The number of esters is 1. The first-order chi connectivity index (χ1) is 12.0. The Morgan fingerprint density at radius 3 is 2.60 bits per heavy atom. The SMILES string of the molecule is C[C@@H](OC(=O)c1cc(-c2cccc(Br)c2)nc2ccccc12)C(N)=O. The summed E-state index contributed by atoms with van der Waals surface area (Å²) in [5.74, 6) is -1.31. The van der Waals surface area contributed by atoms with Gasteiger partial charge in [0.05, 0.1) is 16.8 Å². The maximum absolute atomic E-state index is 12.6. The first-order valence-corrected chi connectivity index (χ1v) is 8.41. The number of ether oxygens (including phenoxy) is 1. The standard InChI is InChI=1S/C19H15BrN2O3/c1-11(18(21)23)25-19(24)15-10-17(12-5-4-6-13(20)9-12)22-16-8-3-2-7-14(15)16/h2-11H,1H3,(H2,21,23)/t11-/m1/s1. The number of aromatic nitrogens is 1. The van der Waals surface area contributed by atoms with Crippen molar-refractivity contribution in [1.82, 2.24) is 4.98 Å². The molecule has 2 aromatic carbocycles. The van der Waals surface area contributed by atoms with Gasteiger partial charge in [-0.25, -0.2) is 9.78 Å². The number of para-hydroxylation sites is 1. The fraction of sp³-hybridized carbons (Fsp3) is 0.105. The van der Waals surface area contributed by atoms with Gasteiger partial charge in [-0.15, -0.1) is 0 Å². The number of nitrogens with zero attached hydrogens (tertiary/aromatic N) is 1. The molecule has 0 radical (unpaired) electrons. The Bertz CT molecular complexity index is 972. The van der Waals surface area contributed by atoms with Crippen molar-refractivity contribution < 1.29 is 14.3 Å². The third-order valence-electron chi connectivity index (χ3n) is 3.74. The second-order valence-corrected chi connectivity index (χ2v) is 6.45. The average molecular weight is 399 g/mol. The number of hydrogen-bond acceptors (Lipinski definition) is 4. The van der Waals surface area contributed by atoms with E-state index in [-0.39, 0.29) is 0 Å². The van der Waals surface area contributed by atoms with Gasteiger partial charge in [0.1, 0.15) is 0 Å². The van der Waals surface area contributed by atoms with Gasteiger partial charge in [-0.3, -0.25) is 4.79 Å². The van der Waals surface area contributed by atoms with Crippen molar-refractivity contribution in [2.75, 3.05) is 0 Å². The van der Waals surface area contributed by atoms with E-state index in [0.717, 1.165) is 10.0 Å². The predicted octanol–water partition coefficient (Wildman–Crippen LogP) is 3.69. The van der Waals surface area contributed by atoms with Crippen LogP contribution in [-0.2, 0) is 9.53 Å². The predicted molar refractivity (Wildman–Crippen MR) is 99.0 cm³/mol. The van der Waals surface area contributed by atoms with E-state index in [0.29, 0.717) is 22.2 Å². The highest BCUT2D eigenvalue weighted by Crippen LogP contribution is 2.27. The zero-order valence-corrected chi connectivity index (χ0v) is 15.0. The Morgan fingerprint density at radius 2 is 1.88 bits per heavy atom. The molecule has 0 spiro atoms. The molecule has 3 rings (SSSR count). The first kappa shape index (κ1) is 17.1. The van der Waals surface area contributed by atoms with E-state index < -0.39 is 18.0 Å². The molecule has 0 unspecified atom stereocenters. The summed E-state index contributed by atoms with van der Waals surface area (Å²) in [4.78, 5) is 28.4. The molecule has 6 heteroatoms. The molecule has 0 aliphatic carbocycles. The van der Waals surface area contributed by atoms with Gasteiger partial charge in [0.2, 0.25) is 0 Å². The molecular formula is C19H15BrN2O3. The highest BCUT2D eigenvalue weighted by molar-refractivity contribution is 9.10. The highest BCUT2D eigenvalue weighted by Gasteiger charge is 2.20. The Hall–Kier alpha value is -2.73. The van der Waals surface area contributed by atoms with Crippen molar-refractivity contribution in [2.45, 2.75) is 13.0 Å². The van der Waals surface area contributed by atoms with E-state index in [9.17, 15) is 9.59 Å². The van der Waals surface area contributed by atoms with Gasteiger partial charge in [0.15, 0.2) is 6.10 Å². The van der Waals surface area contributed by atoms with Crippen molar-refractivity contribution in [2.24, 2.45) is 5.73 Å². The number of halogens is 1. The van der Waals surface area contributed by atoms with E-state index in [1.54, 1.807) is 12.1 Å². The summed E-state index contributed by atoms with van der Waals surface area (Å²) in [6.45, 7) is 1.44. The minimum absolute atomic E-state index is 0.341. The molecule has 0 saturated heterocycles. The van der Waals surface area contributed by atoms with Crippen molar-refractivity contribution >= 4 is 38.7 Å². The van der Waals surface area contributed by atoms with Crippen LogP contribution < -0.4 is 5.73 Å². The Kier molecular flexibility index (Phi) is 4.81. The van der Waals surface area contributed by atoms with E-state index in [4.69, 9.17) is 10.5 Å². The fourth-order valence-electron chi connectivity index (χ4n) is 2.42. The van der Waals surface area contributed by atoms with Crippen LogP contribution >= 0.6 is 15.9 Å². The van der Waals surface area contributed by atoms with E-state index in [1.807, 2.05) is 42.5 Å². The largest absolute Gasteiger partial charge is 0.449 e. The van der Waals surface area contributed by atoms with Crippen LogP contribution in [0.5, 0.6) is 0 Å². The minimum Gasteiger partial charge on any atom is -0.449 e. The molecular weight excluding hydrogens is 384 g/mol. The number of nitrogens with two attached hydrogens (primary N) is 1. The second kappa shape index (κ2) is 7.03. The number of benzene rings is 2. The molecule has 0 aliphatic rings. The van der Waals surface area contributed by atoms with Crippen LogP contribution in [0.4, 0.5) is 0 Å². The van der Waals surface area contributed by atoms with Crippen molar-refractivity contribution in [3.05, 3.63) is 64.6 Å². The lowest BCUT2D eigenvalue weighted by Crippen LogP contribution is -2.30. The number of primary amides is 1. The van der Waals surface area contributed by atoms with Gasteiger partial charge < -0.3 is 10.5 Å². The topological polar surface area (TPSA) is 82.3 Å². The molecule has 0 bridgehead atoms. The Morgan fingerprint density at radius 1 is 1.12 bits per heavy atom. The maximum atomic E-state index is 12.6. The number of pyridine rings is 1. The van der Waals surface area contributed by atoms with Crippen LogP contribution in [0.25, 0.3) is 22.2 Å². The third kappa shape index (κ3) is 3.69. The number of carbonyl (C=O) groups is 2. The fourth-order valence-corrected chi connectivity index (χ4v) is 2.82. The second-order valence-electron chi connectivity index (χ2n) is 5.53. The molecule has 1 amide bonds. The molecule has 0 fully saturated rings. The molecule has 3 aromatic rings. The maximum Gasteiger partial charge on any atom is 0.339 e. The number of rotatable bonds is 4. The third-order valence-corrected chi connectivity index (χ3v) is 4.23.